The molecule has 6 atom stereocenters. The van der Waals surface area contributed by atoms with Gasteiger partial charge in [-0.05, 0) is 62.5 Å². The summed E-state index contributed by atoms with van der Waals surface area (Å²) in [5.41, 5.74) is 3.99. The number of rotatable bonds is 4. The molecule has 0 radical (unpaired) electrons. The van der Waals surface area contributed by atoms with E-state index in [0.717, 1.165) is 55.2 Å². The van der Waals surface area contributed by atoms with E-state index in [2.05, 4.69) is 19.9 Å². The Bertz CT molecular complexity index is 945. The van der Waals surface area contributed by atoms with E-state index in [0.29, 0.717) is 25.0 Å². The first kappa shape index (κ1) is 21.3. The molecule has 0 saturated heterocycles. The summed E-state index contributed by atoms with van der Waals surface area (Å²) in [7, 11) is 0. The van der Waals surface area contributed by atoms with Gasteiger partial charge in [-0.25, -0.2) is 10.1 Å². The van der Waals surface area contributed by atoms with Crippen LogP contribution in [0.25, 0.3) is 0 Å². The van der Waals surface area contributed by atoms with Crippen LogP contribution in [0.2, 0.25) is 0 Å². The number of hydroxylamine groups is 2. The fourth-order valence-corrected chi connectivity index (χ4v) is 7.38. The zero-order valence-electron chi connectivity index (χ0n) is 19.3. The summed E-state index contributed by atoms with van der Waals surface area (Å²) in [5.74, 6) is 0.529. The van der Waals surface area contributed by atoms with Crippen molar-refractivity contribution in [3.05, 3.63) is 39.7 Å². The van der Waals surface area contributed by atoms with Crippen molar-refractivity contribution in [3.8, 4) is 0 Å². The SMILES string of the molecule is CCC(C)O[NH+]([O-])C1CC2=CC(=O)CCC2(C)C2=C1C1=CCC3(C)CCC(=O)[C@@]13CC2. The summed E-state index contributed by atoms with van der Waals surface area (Å²) in [5, 5.41) is 13.2. The summed E-state index contributed by atoms with van der Waals surface area (Å²) in [6.07, 6.45) is 10.8. The van der Waals surface area contributed by atoms with Gasteiger partial charge in [0.2, 0.25) is 0 Å². The van der Waals surface area contributed by atoms with Crippen LogP contribution in [0.15, 0.2) is 34.4 Å². The first-order valence-electron chi connectivity index (χ1n) is 12.1. The number of quaternary nitrogens is 1. The molecule has 5 nitrogen and oxygen atoms in total. The van der Waals surface area contributed by atoms with Gasteiger partial charge in [-0.2, -0.15) is 0 Å². The van der Waals surface area contributed by atoms with Gasteiger partial charge in [0.25, 0.3) is 0 Å². The number of Topliss-reactive ketones (excluding diaryl/α,β-unsaturated/α-hetero) is 1. The molecule has 0 aromatic heterocycles. The standard InChI is InChI=1S/C26H35NO4/c1-5-16(2)31-27(30)21-15-17-14-18(28)6-12-25(17,4)19-8-13-26-20(23(19)21)7-10-24(26,3)11-9-22(26)29/h7,14,16,21,27H,5-6,8-13,15H2,1-4H3/t16?,21?,24?,25?,26-/m1/s1. The lowest BCUT2D eigenvalue weighted by Crippen LogP contribution is -3.11. The van der Waals surface area contributed by atoms with Crippen molar-refractivity contribution < 1.29 is 19.7 Å². The Morgan fingerprint density at radius 2 is 1.97 bits per heavy atom. The molecule has 0 bridgehead atoms. The number of carbonyl (C=O) groups excluding carboxylic acids is 2. The van der Waals surface area contributed by atoms with Crippen LogP contribution in [0.3, 0.4) is 0 Å². The van der Waals surface area contributed by atoms with E-state index in [1.54, 1.807) is 6.08 Å². The highest BCUT2D eigenvalue weighted by Crippen LogP contribution is 2.69. The van der Waals surface area contributed by atoms with Gasteiger partial charge in [0.05, 0.1) is 5.41 Å². The minimum Gasteiger partial charge on any atom is -0.599 e. The number of carbonyl (C=O) groups is 2. The Labute approximate surface area is 185 Å². The molecule has 0 heterocycles. The molecule has 168 valence electrons. The minimum atomic E-state index is -0.428. The molecule has 0 aromatic rings. The van der Waals surface area contributed by atoms with Gasteiger partial charge in [0, 0.05) is 30.3 Å². The van der Waals surface area contributed by atoms with Crippen LogP contribution in [-0.4, -0.2) is 23.7 Å². The minimum absolute atomic E-state index is 0.0251. The van der Waals surface area contributed by atoms with E-state index in [1.165, 1.54) is 5.57 Å². The molecule has 0 aliphatic heterocycles. The van der Waals surface area contributed by atoms with Gasteiger partial charge in [-0.1, -0.05) is 38.0 Å². The van der Waals surface area contributed by atoms with Crippen LogP contribution in [-0.2, 0) is 14.4 Å². The average molecular weight is 426 g/mol. The third-order valence-corrected chi connectivity index (χ3v) is 9.52. The molecule has 5 heteroatoms. The number of nitrogens with one attached hydrogen (secondary N) is 1. The second-order valence-corrected chi connectivity index (χ2v) is 11.0. The maximum atomic E-state index is 13.4. The monoisotopic (exact) mass is 425 g/mol. The highest BCUT2D eigenvalue weighted by atomic mass is 16.9. The van der Waals surface area contributed by atoms with Crippen LogP contribution < -0.4 is 5.23 Å². The summed E-state index contributed by atoms with van der Waals surface area (Å²) >= 11 is 0. The van der Waals surface area contributed by atoms with E-state index in [-0.39, 0.29) is 27.9 Å². The maximum Gasteiger partial charge on any atom is 0.155 e. The van der Waals surface area contributed by atoms with Gasteiger partial charge < -0.3 is 5.21 Å². The van der Waals surface area contributed by atoms with Gasteiger partial charge in [-0.15, -0.1) is 0 Å². The van der Waals surface area contributed by atoms with E-state index in [9.17, 15) is 14.8 Å². The van der Waals surface area contributed by atoms with Crippen molar-refractivity contribution in [2.75, 3.05) is 0 Å². The number of hydrogen-bond acceptors (Lipinski definition) is 4. The number of hydrogen-bond donors (Lipinski definition) is 1. The molecule has 0 amide bonds. The van der Waals surface area contributed by atoms with Crippen LogP contribution in [0, 0.1) is 21.5 Å². The highest BCUT2D eigenvalue weighted by molar-refractivity contribution is 5.95. The molecule has 1 spiro atoms. The van der Waals surface area contributed by atoms with Gasteiger partial charge in [-0.3, -0.25) is 9.59 Å². The fraction of sp³-hybridized carbons (Fsp3) is 0.692. The van der Waals surface area contributed by atoms with Crippen LogP contribution in [0.1, 0.15) is 85.5 Å². The Balaban J connectivity index is 1.67. The lowest BCUT2D eigenvalue weighted by molar-refractivity contribution is -1.07. The lowest BCUT2D eigenvalue weighted by Gasteiger charge is -2.53. The molecule has 5 aliphatic rings. The number of ketones is 2. The van der Waals surface area contributed by atoms with Crippen molar-refractivity contribution >= 4 is 11.6 Å². The quantitative estimate of drug-likeness (QED) is 0.693. The molecule has 1 fully saturated rings. The smallest absolute Gasteiger partial charge is 0.155 e. The maximum absolute atomic E-state index is 13.4. The van der Waals surface area contributed by atoms with E-state index < -0.39 is 11.5 Å². The fourth-order valence-electron chi connectivity index (χ4n) is 7.38. The van der Waals surface area contributed by atoms with E-state index >= 15 is 0 Å². The average Bonchev–Trinajstić information content (AvgIpc) is 3.18. The second-order valence-electron chi connectivity index (χ2n) is 11.0. The predicted molar refractivity (Wildman–Crippen MR) is 118 cm³/mol. The Morgan fingerprint density at radius 1 is 1.19 bits per heavy atom. The van der Waals surface area contributed by atoms with Crippen LogP contribution in [0.4, 0.5) is 0 Å². The molecule has 0 aromatic carbocycles. The molecule has 1 saturated carbocycles. The zero-order chi connectivity index (χ0) is 22.2. The molecule has 1 N–H and O–H groups in total. The summed E-state index contributed by atoms with van der Waals surface area (Å²) in [6.45, 7) is 8.47. The van der Waals surface area contributed by atoms with Crippen molar-refractivity contribution in [2.24, 2.45) is 16.2 Å². The van der Waals surface area contributed by atoms with E-state index in [4.69, 9.17) is 4.84 Å². The molecule has 5 aliphatic carbocycles. The second kappa shape index (κ2) is 6.97. The van der Waals surface area contributed by atoms with Crippen molar-refractivity contribution in [1.29, 1.82) is 0 Å². The third-order valence-electron chi connectivity index (χ3n) is 9.52. The van der Waals surface area contributed by atoms with Crippen molar-refractivity contribution in [3.63, 3.8) is 0 Å². The zero-order valence-corrected chi connectivity index (χ0v) is 19.3. The van der Waals surface area contributed by atoms with Crippen LogP contribution >= 0.6 is 0 Å². The molecular weight excluding hydrogens is 390 g/mol. The van der Waals surface area contributed by atoms with Gasteiger partial charge >= 0.3 is 0 Å². The molecular formula is C26H35NO4. The third kappa shape index (κ3) is 2.72. The summed E-state index contributed by atoms with van der Waals surface area (Å²) in [4.78, 5) is 31.5. The van der Waals surface area contributed by atoms with Gasteiger partial charge in [0.15, 0.2) is 5.78 Å². The van der Waals surface area contributed by atoms with Gasteiger partial charge in [0.1, 0.15) is 17.9 Å². The molecule has 5 unspecified atom stereocenters. The Hall–Kier alpha value is -1.56. The topological polar surface area (TPSA) is 70.9 Å². The molecule has 5 rings (SSSR count). The Kier molecular flexibility index (Phi) is 4.79. The van der Waals surface area contributed by atoms with E-state index in [1.807, 2.05) is 13.8 Å². The predicted octanol–water partition coefficient (Wildman–Crippen LogP) is 3.94. The number of allylic oxidation sites excluding steroid dienone is 3. The first-order valence-corrected chi connectivity index (χ1v) is 12.1. The Morgan fingerprint density at radius 3 is 2.71 bits per heavy atom. The number of fused-ring (bicyclic) bond motifs is 3. The normalized spacial score (nSPS) is 41.1. The summed E-state index contributed by atoms with van der Waals surface area (Å²) in [6, 6.07) is -0.409. The largest absolute Gasteiger partial charge is 0.599 e. The van der Waals surface area contributed by atoms with Crippen molar-refractivity contribution in [2.45, 2.75) is 97.6 Å². The summed E-state index contributed by atoms with van der Waals surface area (Å²) < 4.78 is 0. The lowest BCUT2D eigenvalue weighted by atomic mass is 9.51. The first-order chi connectivity index (χ1) is 14.7. The highest BCUT2D eigenvalue weighted by Gasteiger charge is 2.65. The van der Waals surface area contributed by atoms with Crippen molar-refractivity contribution in [1.82, 2.24) is 0 Å². The van der Waals surface area contributed by atoms with Crippen LogP contribution in [0.5, 0.6) is 0 Å². The molecule has 31 heavy (non-hydrogen) atoms.